The van der Waals surface area contributed by atoms with Crippen molar-refractivity contribution in [1.29, 1.82) is 0 Å². The van der Waals surface area contributed by atoms with E-state index in [1.54, 1.807) is 0 Å². The Balaban J connectivity index is 1.97. The second-order valence-electron chi connectivity index (χ2n) is 17.9. The molecule has 1 fully saturated rings. The summed E-state index contributed by atoms with van der Waals surface area (Å²) in [5.41, 5.74) is -0.564. The number of carbonyl (C=O) groups is 1. The largest absolute Gasteiger partial charge is 0.465 e. The van der Waals surface area contributed by atoms with Crippen molar-refractivity contribution in [2.75, 3.05) is 6.61 Å². The first-order valence-corrected chi connectivity index (χ1v) is 22.9. The molecule has 0 aliphatic carbocycles. The molecular formula is C41H66O6Si2. The predicted molar refractivity (Wildman–Crippen MR) is 207 cm³/mol. The molecule has 1 aliphatic heterocycles. The normalized spacial score (nSPS) is 21.0. The van der Waals surface area contributed by atoms with Crippen molar-refractivity contribution >= 4 is 33.0 Å². The van der Waals surface area contributed by atoms with E-state index in [9.17, 15) is 4.79 Å². The molecule has 0 radical (unpaired) electrons. The lowest BCUT2D eigenvalue weighted by atomic mass is 9.97. The van der Waals surface area contributed by atoms with Gasteiger partial charge in [-0.05, 0) is 81.0 Å². The number of benzene rings is 2. The summed E-state index contributed by atoms with van der Waals surface area (Å²) in [5, 5.41) is 2.41. The maximum atomic E-state index is 12.5. The van der Waals surface area contributed by atoms with E-state index >= 15 is 0 Å². The van der Waals surface area contributed by atoms with Gasteiger partial charge in [-0.3, -0.25) is 4.79 Å². The molecule has 3 rings (SSSR count). The van der Waals surface area contributed by atoms with Crippen LogP contribution in [0.4, 0.5) is 0 Å². The van der Waals surface area contributed by atoms with E-state index in [-0.39, 0.29) is 53.0 Å². The van der Waals surface area contributed by atoms with Gasteiger partial charge in [0, 0.05) is 12.5 Å². The Morgan fingerprint density at radius 3 is 1.76 bits per heavy atom. The fraction of sp³-hybridized carbons (Fsp3) is 0.634. The van der Waals surface area contributed by atoms with Crippen LogP contribution in [0.1, 0.15) is 96.4 Å². The third-order valence-corrected chi connectivity index (χ3v) is 19.8. The summed E-state index contributed by atoms with van der Waals surface area (Å²) in [6, 6.07) is 21.6. The molecule has 1 unspecified atom stereocenters. The van der Waals surface area contributed by atoms with E-state index in [0.717, 1.165) is 0 Å². The zero-order valence-electron chi connectivity index (χ0n) is 33.2. The van der Waals surface area contributed by atoms with Crippen molar-refractivity contribution in [1.82, 2.24) is 0 Å². The standard InChI is InChI=1S/C41H66O6Si2/c1-30(31(2)46-49(40(9,10)11,32-22-18-16-19-23-32)33-24-20-17-21-25-33)26-27-35(47-48(14,15)39(6,7)8)36-34(44-41(12,13)45-36)28-29-43-37(42)38(3,4)5/h16-27,30-31,34-36H,28-29H2,1-15H3/b27-26-/t30-,31-,34+,35?,36+/m1/s1. The second kappa shape index (κ2) is 15.7. The van der Waals surface area contributed by atoms with Gasteiger partial charge in [0.25, 0.3) is 8.32 Å². The molecule has 274 valence electrons. The van der Waals surface area contributed by atoms with Gasteiger partial charge in [0.05, 0.1) is 24.2 Å². The molecule has 8 heteroatoms. The number of ether oxygens (including phenoxy) is 3. The molecule has 0 saturated carbocycles. The summed E-state index contributed by atoms with van der Waals surface area (Å²) in [4.78, 5) is 12.5. The molecule has 1 saturated heterocycles. The van der Waals surface area contributed by atoms with Gasteiger partial charge in [0.1, 0.15) is 6.10 Å². The summed E-state index contributed by atoms with van der Waals surface area (Å²) >= 11 is 0. The Hall–Kier alpha value is -2.08. The lowest BCUT2D eigenvalue weighted by Crippen LogP contribution is -2.67. The van der Waals surface area contributed by atoms with Crippen molar-refractivity contribution in [2.24, 2.45) is 11.3 Å². The molecule has 2 aromatic carbocycles. The number of carbonyl (C=O) groups excluding carboxylic acids is 1. The first kappa shape index (κ1) is 41.3. The molecular weight excluding hydrogens is 645 g/mol. The van der Waals surface area contributed by atoms with Crippen LogP contribution >= 0.6 is 0 Å². The fourth-order valence-corrected chi connectivity index (χ4v) is 12.1. The predicted octanol–water partition coefficient (Wildman–Crippen LogP) is 9.03. The van der Waals surface area contributed by atoms with Crippen LogP contribution in [-0.4, -0.2) is 59.4 Å². The number of rotatable bonds is 13. The van der Waals surface area contributed by atoms with Gasteiger partial charge in [-0.25, -0.2) is 0 Å². The highest BCUT2D eigenvalue weighted by Gasteiger charge is 2.52. The Morgan fingerprint density at radius 2 is 1.31 bits per heavy atom. The first-order valence-electron chi connectivity index (χ1n) is 18.1. The first-order chi connectivity index (χ1) is 22.4. The Kier molecular flexibility index (Phi) is 13.2. The maximum absolute atomic E-state index is 12.5. The molecule has 0 amide bonds. The summed E-state index contributed by atoms with van der Waals surface area (Å²) in [5.74, 6) is -0.939. The van der Waals surface area contributed by atoms with Crippen LogP contribution in [0, 0.1) is 11.3 Å². The van der Waals surface area contributed by atoms with Gasteiger partial charge in [-0.2, -0.15) is 0 Å². The molecule has 0 bridgehead atoms. The van der Waals surface area contributed by atoms with Crippen molar-refractivity contribution < 1.29 is 27.9 Å². The van der Waals surface area contributed by atoms with Gasteiger partial charge in [0.2, 0.25) is 0 Å². The smallest absolute Gasteiger partial charge is 0.311 e. The minimum Gasteiger partial charge on any atom is -0.465 e. The molecule has 1 heterocycles. The van der Waals surface area contributed by atoms with Crippen molar-refractivity contribution in [3.05, 3.63) is 72.8 Å². The van der Waals surface area contributed by atoms with Crippen LogP contribution in [0.5, 0.6) is 0 Å². The maximum Gasteiger partial charge on any atom is 0.311 e. The minimum atomic E-state index is -2.73. The molecule has 5 atom stereocenters. The van der Waals surface area contributed by atoms with E-state index in [0.29, 0.717) is 6.42 Å². The molecule has 6 nitrogen and oxygen atoms in total. The number of esters is 1. The topological polar surface area (TPSA) is 63.2 Å². The summed E-state index contributed by atoms with van der Waals surface area (Å²) < 4.78 is 33.3. The Bertz CT molecular complexity index is 1330. The third kappa shape index (κ3) is 10.3. The highest BCUT2D eigenvalue weighted by atomic mass is 28.4. The highest BCUT2D eigenvalue weighted by Crippen LogP contribution is 2.41. The van der Waals surface area contributed by atoms with E-state index in [2.05, 4.69) is 141 Å². The van der Waals surface area contributed by atoms with Crippen molar-refractivity contribution in [2.45, 2.75) is 150 Å². The number of hydrogen-bond acceptors (Lipinski definition) is 6. The van der Waals surface area contributed by atoms with Gasteiger partial charge in [-0.1, -0.05) is 121 Å². The van der Waals surface area contributed by atoms with E-state index in [1.807, 2.05) is 34.6 Å². The average Bonchev–Trinajstić information content (AvgIpc) is 3.30. The second-order valence-corrected chi connectivity index (χ2v) is 26.9. The molecule has 0 N–H and O–H groups in total. The molecule has 49 heavy (non-hydrogen) atoms. The monoisotopic (exact) mass is 710 g/mol. The molecule has 0 aromatic heterocycles. The zero-order valence-corrected chi connectivity index (χ0v) is 35.2. The van der Waals surface area contributed by atoms with Gasteiger partial charge >= 0.3 is 5.97 Å². The van der Waals surface area contributed by atoms with Crippen LogP contribution in [0.25, 0.3) is 0 Å². The number of hydrogen-bond donors (Lipinski definition) is 0. The fourth-order valence-electron chi connectivity index (χ4n) is 6.10. The van der Waals surface area contributed by atoms with E-state index < -0.39 is 27.8 Å². The van der Waals surface area contributed by atoms with Crippen molar-refractivity contribution in [3.63, 3.8) is 0 Å². The minimum absolute atomic E-state index is 0.00287. The molecule has 1 aliphatic rings. The summed E-state index contributed by atoms with van der Waals surface area (Å²) in [6.45, 7) is 32.4. The lowest BCUT2D eigenvalue weighted by Gasteiger charge is -2.45. The SMILES string of the molecule is C[C@H](/C=C\C(O[Si](C)(C)C(C)(C)C)[C@H]1OC(C)(C)O[C@H]1CCOC(=O)C(C)(C)C)[C@@H](C)O[Si](c1ccccc1)(c1ccccc1)C(C)(C)C. The highest BCUT2D eigenvalue weighted by molar-refractivity contribution is 6.99. The van der Waals surface area contributed by atoms with Gasteiger partial charge < -0.3 is 23.1 Å². The third-order valence-electron chi connectivity index (χ3n) is 10.2. The van der Waals surface area contributed by atoms with E-state index in [1.165, 1.54) is 10.4 Å². The van der Waals surface area contributed by atoms with Crippen LogP contribution in [0.3, 0.4) is 0 Å². The molecule has 0 spiro atoms. The summed E-state index contributed by atoms with van der Waals surface area (Å²) in [6.07, 6.45) is 3.84. The summed E-state index contributed by atoms with van der Waals surface area (Å²) in [7, 11) is -4.96. The van der Waals surface area contributed by atoms with Crippen LogP contribution in [0.2, 0.25) is 23.2 Å². The van der Waals surface area contributed by atoms with Crippen molar-refractivity contribution in [3.8, 4) is 0 Å². The van der Waals surface area contributed by atoms with Gasteiger partial charge in [-0.15, -0.1) is 0 Å². The van der Waals surface area contributed by atoms with Crippen LogP contribution < -0.4 is 10.4 Å². The quantitative estimate of drug-likeness (QED) is 0.118. The van der Waals surface area contributed by atoms with E-state index in [4.69, 9.17) is 23.1 Å². The molecule has 2 aromatic rings. The average molecular weight is 711 g/mol. The van der Waals surface area contributed by atoms with Gasteiger partial charge in [0.15, 0.2) is 14.1 Å². The lowest BCUT2D eigenvalue weighted by molar-refractivity contribution is -0.157. The van der Waals surface area contributed by atoms with Crippen LogP contribution in [-0.2, 0) is 27.9 Å². The van der Waals surface area contributed by atoms with Crippen LogP contribution in [0.15, 0.2) is 72.8 Å². The zero-order chi connectivity index (χ0) is 37.1. The Morgan fingerprint density at radius 1 is 0.796 bits per heavy atom. The Labute approximate surface area is 300 Å².